The molecule has 1 amide bonds. The third-order valence-electron chi connectivity index (χ3n) is 6.15. The van der Waals surface area contributed by atoms with Gasteiger partial charge in [-0.2, -0.15) is 0 Å². The molecule has 180 valence electrons. The zero-order chi connectivity index (χ0) is 25.2. The third-order valence-corrected chi connectivity index (χ3v) is 6.15. The number of Topliss-reactive ketones (excluding diaryl/α,β-unsaturated/α-hetero) is 1. The molecule has 3 aromatic carbocycles. The fraction of sp³-hybridized carbons (Fsp3) is 0.103. The molecule has 1 saturated heterocycles. The highest BCUT2D eigenvalue weighted by atomic mass is 16.5. The lowest BCUT2D eigenvalue weighted by Gasteiger charge is -2.24. The number of benzene rings is 3. The van der Waals surface area contributed by atoms with Gasteiger partial charge in [0.05, 0.1) is 18.9 Å². The van der Waals surface area contributed by atoms with Gasteiger partial charge in [-0.15, -0.1) is 0 Å². The van der Waals surface area contributed by atoms with E-state index in [0.29, 0.717) is 28.3 Å². The number of nitrogens with zero attached hydrogens (tertiary/aromatic N) is 1. The monoisotopic (exact) mass is 480 g/mol. The smallest absolute Gasteiger partial charge is 0.300 e. The summed E-state index contributed by atoms with van der Waals surface area (Å²) in [6.45, 7) is 1.80. The Morgan fingerprint density at radius 2 is 1.67 bits per heavy atom. The summed E-state index contributed by atoms with van der Waals surface area (Å²) in [6, 6.07) is 24.4. The second-order valence-electron chi connectivity index (χ2n) is 8.40. The van der Waals surface area contributed by atoms with Crippen LogP contribution in [0.4, 0.5) is 17.1 Å². The Bertz CT molecular complexity index is 1440. The number of aliphatic hydroxyl groups is 1. The van der Waals surface area contributed by atoms with E-state index in [1.54, 1.807) is 56.5 Å². The van der Waals surface area contributed by atoms with Crippen LogP contribution in [0.1, 0.15) is 22.9 Å². The summed E-state index contributed by atoms with van der Waals surface area (Å²) < 4.78 is 10.9. The van der Waals surface area contributed by atoms with Crippen molar-refractivity contribution >= 4 is 34.5 Å². The molecule has 36 heavy (non-hydrogen) atoms. The number of aryl methyl sites for hydroxylation is 1. The molecule has 1 unspecified atom stereocenters. The van der Waals surface area contributed by atoms with Crippen LogP contribution in [0.2, 0.25) is 0 Å². The summed E-state index contributed by atoms with van der Waals surface area (Å²) in [5, 5.41) is 14.6. The predicted octanol–water partition coefficient (Wildman–Crippen LogP) is 5.97. The van der Waals surface area contributed by atoms with Crippen molar-refractivity contribution in [1.29, 1.82) is 0 Å². The topological polar surface area (TPSA) is 92.0 Å². The molecule has 0 spiro atoms. The van der Waals surface area contributed by atoms with E-state index in [4.69, 9.17) is 9.15 Å². The Morgan fingerprint density at radius 1 is 0.944 bits per heavy atom. The van der Waals surface area contributed by atoms with Crippen LogP contribution in [-0.2, 0) is 9.59 Å². The number of amides is 1. The van der Waals surface area contributed by atoms with E-state index in [9.17, 15) is 14.7 Å². The number of anilines is 3. The fourth-order valence-corrected chi connectivity index (χ4v) is 4.38. The molecule has 0 bridgehead atoms. The fourth-order valence-electron chi connectivity index (χ4n) is 4.38. The Hall–Kier alpha value is -4.78. The number of furan rings is 1. The van der Waals surface area contributed by atoms with E-state index in [1.807, 2.05) is 42.5 Å². The van der Waals surface area contributed by atoms with Crippen LogP contribution in [0.25, 0.3) is 5.76 Å². The first-order valence-corrected chi connectivity index (χ1v) is 11.4. The predicted molar refractivity (Wildman–Crippen MR) is 137 cm³/mol. The number of carbonyl (C=O) groups is 2. The number of carbonyl (C=O) groups excluding carboxylic acids is 2. The van der Waals surface area contributed by atoms with Crippen molar-refractivity contribution in [3.05, 3.63) is 114 Å². The van der Waals surface area contributed by atoms with Crippen molar-refractivity contribution in [2.75, 3.05) is 17.3 Å². The number of hydrogen-bond acceptors (Lipinski definition) is 6. The van der Waals surface area contributed by atoms with Gasteiger partial charge < -0.3 is 19.6 Å². The van der Waals surface area contributed by atoms with Crippen LogP contribution < -0.4 is 15.0 Å². The number of rotatable bonds is 6. The SMILES string of the molecule is COc1ccc(/C(O)=C2/C(=O)C(=O)N(c3ccc(Nc4ccccc4)cc3)C2c2ccco2)c(C)c1. The molecule has 2 N–H and O–H groups in total. The normalized spacial score (nSPS) is 16.8. The molecule has 1 aliphatic heterocycles. The number of methoxy groups -OCH3 is 1. The molecular weight excluding hydrogens is 456 g/mol. The summed E-state index contributed by atoms with van der Waals surface area (Å²) in [6.07, 6.45) is 1.47. The van der Waals surface area contributed by atoms with Crippen molar-refractivity contribution in [2.24, 2.45) is 0 Å². The van der Waals surface area contributed by atoms with Gasteiger partial charge in [0.2, 0.25) is 0 Å². The van der Waals surface area contributed by atoms with E-state index >= 15 is 0 Å². The van der Waals surface area contributed by atoms with Crippen LogP contribution in [-0.4, -0.2) is 23.9 Å². The van der Waals surface area contributed by atoms with Gasteiger partial charge in [-0.05, 0) is 79.2 Å². The van der Waals surface area contributed by atoms with Crippen molar-refractivity contribution < 1.29 is 23.8 Å². The summed E-state index contributed by atoms with van der Waals surface area (Å²) in [5.74, 6) is -0.798. The molecule has 7 nitrogen and oxygen atoms in total. The maximum Gasteiger partial charge on any atom is 0.300 e. The minimum absolute atomic E-state index is 0.0327. The van der Waals surface area contributed by atoms with Gasteiger partial charge in [-0.3, -0.25) is 14.5 Å². The van der Waals surface area contributed by atoms with Gasteiger partial charge in [0.1, 0.15) is 23.3 Å². The summed E-state index contributed by atoms with van der Waals surface area (Å²) >= 11 is 0. The highest BCUT2D eigenvalue weighted by Gasteiger charge is 2.48. The zero-order valence-corrected chi connectivity index (χ0v) is 19.8. The first-order chi connectivity index (χ1) is 17.5. The van der Waals surface area contributed by atoms with E-state index in [1.165, 1.54) is 11.2 Å². The molecule has 2 heterocycles. The van der Waals surface area contributed by atoms with Crippen molar-refractivity contribution in [3.8, 4) is 5.75 Å². The molecule has 7 heteroatoms. The highest BCUT2D eigenvalue weighted by Crippen LogP contribution is 2.43. The number of para-hydroxylation sites is 1. The lowest BCUT2D eigenvalue weighted by Crippen LogP contribution is -2.29. The number of nitrogens with one attached hydrogen (secondary N) is 1. The van der Waals surface area contributed by atoms with E-state index in [-0.39, 0.29) is 11.3 Å². The lowest BCUT2D eigenvalue weighted by molar-refractivity contribution is -0.132. The Labute approximate surface area is 208 Å². The number of ether oxygens (including phenoxy) is 1. The van der Waals surface area contributed by atoms with Gasteiger partial charge in [-0.25, -0.2) is 0 Å². The van der Waals surface area contributed by atoms with Crippen molar-refractivity contribution in [3.63, 3.8) is 0 Å². The maximum absolute atomic E-state index is 13.3. The Balaban J connectivity index is 1.56. The number of hydrogen-bond donors (Lipinski definition) is 2. The van der Waals surface area contributed by atoms with E-state index in [2.05, 4.69) is 5.32 Å². The molecule has 0 aliphatic carbocycles. The van der Waals surface area contributed by atoms with E-state index in [0.717, 1.165) is 11.4 Å². The molecular formula is C29H24N2O5. The zero-order valence-electron chi connectivity index (χ0n) is 19.8. The first-order valence-electron chi connectivity index (χ1n) is 11.4. The largest absolute Gasteiger partial charge is 0.507 e. The molecule has 1 aromatic heterocycles. The number of ketones is 1. The average Bonchev–Trinajstić information content (AvgIpc) is 3.51. The molecule has 1 aliphatic rings. The van der Waals surface area contributed by atoms with Crippen molar-refractivity contribution in [2.45, 2.75) is 13.0 Å². The first kappa shape index (κ1) is 23.0. The maximum atomic E-state index is 13.3. The number of aliphatic hydroxyl groups excluding tert-OH is 1. The molecule has 0 saturated carbocycles. The minimum Gasteiger partial charge on any atom is -0.507 e. The van der Waals surface area contributed by atoms with Gasteiger partial charge in [0.25, 0.3) is 11.7 Å². The second kappa shape index (κ2) is 9.46. The molecule has 1 fully saturated rings. The third kappa shape index (κ3) is 4.11. The van der Waals surface area contributed by atoms with Gasteiger partial charge in [-0.1, -0.05) is 18.2 Å². The molecule has 4 aromatic rings. The van der Waals surface area contributed by atoms with Crippen molar-refractivity contribution in [1.82, 2.24) is 0 Å². The Kier molecular flexibility index (Phi) is 6.04. The van der Waals surface area contributed by atoms with Crippen LogP contribution >= 0.6 is 0 Å². The minimum atomic E-state index is -0.922. The van der Waals surface area contributed by atoms with Gasteiger partial charge in [0.15, 0.2) is 0 Å². The quantitative estimate of drug-likeness (QED) is 0.201. The molecule has 5 rings (SSSR count). The van der Waals surface area contributed by atoms with Crippen LogP contribution in [0, 0.1) is 6.92 Å². The molecule has 0 radical (unpaired) electrons. The van der Waals surface area contributed by atoms with Crippen LogP contribution in [0.3, 0.4) is 0 Å². The van der Waals surface area contributed by atoms with Gasteiger partial charge >= 0.3 is 0 Å². The van der Waals surface area contributed by atoms with Crippen LogP contribution in [0.15, 0.2) is 101 Å². The second-order valence-corrected chi connectivity index (χ2v) is 8.40. The summed E-state index contributed by atoms with van der Waals surface area (Å²) in [5.41, 5.74) is 3.36. The standard InChI is InChI=1S/C29H24N2O5/c1-18-17-22(35-2)14-15-23(18)27(32)25-26(24-9-6-16-36-24)31(29(34)28(25)33)21-12-10-20(11-13-21)30-19-7-4-3-5-8-19/h3-17,26,30,32H,1-2H3/b27-25-. The van der Waals surface area contributed by atoms with Gasteiger partial charge in [0, 0.05) is 22.6 Å². The molecule has 1 atom stereocenters. The Morgan fingerprint density at radius 3 is 2.31 bits per heavy atom. The lowest BCUT2D eigenvalue weighted by atomic mass is 9.96. The average molecular weight is 481 g/mol. The highest BCUT2D eigenvalue weighted by molar-refractivity contribution is 6.51. The van der Waals surface area contributed by atoms with E-state index < -0.39 is 17.7 Å². The van der Waals surface area contributed by atoms with Crippen LogP contribution in [0.5, 0.6) is 5.75 Å². The summed E-state index contributed by atoms with van der Waals surface area (Å²) in [7, 11) is 1.55. The summed E-state index contributed by atoms with van der Waals surface area (Å²) in [4.78, 5) is 27.9.